The van der Waals surface area contributed by atoms with E-state index in [-0.39, 0.29) is 28.8 Å². The Morgan fingerprint density at radius 3 is 2.42 bits per heavy atom. The van der Waals surface area contributed by atoms with Crippen molar-refractivity contribution in [1.29, 1.82) is 5.26 Å². The van der Waals surface area contributed by atoms with Crippen molar-refractivity contribution in [2.75, 3.05) is 10.6 Å². The van der Waals surface area contributed by atoms with Gasteiger partial charge in [0.25, 0.3) is 17.7 Å². The summed E-state index contributed by atoms with van der Waals surface area (Å²) >= 11 is 0. The van der Waals surface area contributed by atoms with Crippen molar-refractivity contribution in [3.63, 3.8) is 0 Å². The lowest BCUT2D eigenvalue weighted by Gasteiger charge is -2.14. The lowest BCUT2D eigenvalue weighted by Crippen LogP contribution is -2.26. The van der Waals surface area contributed by atoms with Gasteiger partial charge in [0.1, 0.15) is 11.6 Å². The topological polar surface area (TPSA) is 127 Å². The standard InChI is InChI=1S/C32H33N5O3/c1-18-27(34-20(3)28(18)37-30(39)23(17-33)16-32(4,5)6)15-25-24-14-22(12-13-26(24)36-31(25)40)29(38)35-19(2)21-10-8-7-9-11-21/h7-16,19,34H,1-6H3,(H,35,38)(H,36,40)(H,37,39). The van der Waals surface area contributed by atoms with Crippen molar-refractivity contribution in [3.05, 3.63) is 93.8 Å². The number of nitrogens with one attached hydrogen (secondary N) is 4. The summed E-state index contributed by atoms with van der Waals surface area (Å²) < 4.78 is 0. The fourth-order valence-corrected chi connectivity index (χ4v) is 4.59. The highest BCUT2D eigenvalue weighted by Crippen LogP contribution is 2.35. The van der Waals surface area contributed by atoms with Gasteiger partial charge in [-0.2, -0.15) is 5.26 Å². The smallest absolute Gasteiger partial charge is 0.266 e. The normalized spacial score (nSPS) is 14.8. The van der Waals surface area contributed by atoms with E-state index in [2.05, 4.69) is 20.9 Å². The number of allylic oxidation sites excluding steroid dienone is 1. The van der Waals surface area contributed by atoms with Crippen LogP contribution in [0.4, 0.5) is 11.4 Å². The minimum absolute atomic E-state index is 0.0314. The quantitative estimate of drug-likeness (QED) is 0.226. The van der Waals surface area contributed by atoms with Gasteiger partial charge in [-0.3, -0.25) is 14.4 Å². The Morgan fingerprint density at radius 1 is 1.07 bits per heavy atom. The number of aryl methyl sites for hydroxylation is 1. The van der Waals surface area contributed by atoms with Gasteiger partial charge < -0.3 is 20.9 Å². The molecule has 204 valence electrons. The van der Waals surface area contributed by atoms with Crippen molar-refractivity contribution >= 4 is 40.7 Å². The molecule has 8 heteroatoms. The third-order valence-electron chi connectivity index (χ3n) is 6.66. The molecule has 0 saturated carbocycles. The van der Waals surface area contributed by atoms with Crippen LogP contribution in [0.15, 0.2) is 60.2 Å². The average Bonchev–Trinajstić information content (AvgIpc) is 3.36. The third kappa shape index (κ3) is 6.05. The Labute approximate surface area is 234 Å². The van der Waals surface area contributed by atoms with Crippen molar-refractivity contribution in [2.45, 2.75) is 47.6 Å². The molecule has 0 bridgehead atoms. The fourth-order valence-electron chi connectivity index (χ4n) is 4.59. The summed E-state index contributed by atoms with van der Waals surface area (Å²) in [4.78, 5) is 42.0. The van der Waals surface area contributed by atoms with E-state index in [1.54, 1.807) is 30.4 Å². The molecule has 1 unspecified atom stereocenters. The molecule has 3 amide bonds. The molecular weight excluding hydrogens is 502 g/mol. The van der Waals surface area contributed by atoms with E-state index >= 15 is 0 Å². The van der Waals surface area contributed by atoms with E-state index < -0.39 is 5.91 Å². The summed E-state index contributed by atoms with van der Waals surface area (Å²) in [5.41, 5.74) is 5.34. The van der Waals surface area contributed by atoms with Gasteiger partial charge in [-0.15, -0.1) is 0 Å². The van der Waals surface area contributed by atoms with Crippen LogP contribution in [-0.2, 0) is 9.59 Å². The van der Waals surface area contributed by atoms with Crippen LogP contribution in [0, 0.1) is 30.6 Å². The number of hydrogen-bond acceptors (Lipinski definition) is 4. The molecule has 0 fully saturated rings. The molecule has 2 aromatic carbocycles. The number of carbonyl (C=O) groups is 3. The first-order valence-electron chi connectivity index (χ1n) is 13.0. The van der Waals surface area contributed by atoms with Crippen LogP contribution in [0.25, 0.3) is 11.6 Å². The molecule has 8 nitrogen and oxygen atoms in total. The van der Waals surface area contributed by atoms with Gasteiger partial charge in [0.2, 0.25) is 0 Å². The number of amides is 3. The third-order valence-corrected chi connectivity index (χ3v) is 6.66. The Kier molecular flexibility index (Phi) is 7.78. The number of benzene rings is 2. The van der Waals surface area contributed by atoms with E-state index in [1.807, 2.05) is 77.9 Å². The number of anilines is 2. The van der Waals surface area contributed by atoms with Crippen LogP contribution < -0.4 is 16.0 Å². The number of nitriles is 1. The monoisotopic (exact) mass is 535 g/mol. The van der Waals surface area contributed by atoms with Crippen molar-refractivity contribution in [3.8, 4) is 6.07 Å². The lowest BCUT2D eigenvalue weighted by molar-refractivity contribution is -0.112. The molecule has 1 aromatic heterocycles. The summed E-state index contributed by atoms with van der Waals surface area (Å²) in [6.45, 7) is 11.3. The van der Waals surface area contributed by atoms with Gasteiger partial charge in [0.15, 0.2) is 0 Å². The summed E-state index contributed by atoms with van der Waals surface area (Å²) in [5.74, 6) is -1.03. The number of carbonyl (C=O) groups excluding carboxylic acids is 3. The molecule has 0 spiro atoms. The molecule has 1 aliphatic heterocycles. The Bertz CT molecular complexity index is 1600. The average molecular weight is 536 g/mol. The van der Waals surface area contributed by atoms with Crippen LogP contribution in [0.2, 0.25) is 0 Å². The minimum Gasteiger partial charge on any atom is -0.357 e. The van der Waals surface area contributed by atoms with Gasteiger partial charge >= 0.3 is 0 Å². The van der Waals surface area contributed by atoms with Gasteiger partial charge in [0.05, 0.1) is 17.3 Å². The zero-order valence-electron chi connectivity index (χ0n) is 23.5. The van der Waals surface area contributed by atoms with E-state index in [4.69, 9.17) is 0 Å². The van der Waals surface area contributed by atoms with E-state index in [0.717, 1.165) is 11.1 Å². The van der Waals surface area contributed by atoms with Gasteiger partial charge in [-0.05, 0) is 61.6 Å². The summed E-state index contributed by atoms with van der Waals surface area (Å²) in [6.07, 6.45) is 3.35. The van der Waals surface area contributed by atoms with Crippen LogP contribution in [0.1, 0.15) is 72.2 Å². The minimum atomic E-state index is -0.494. The number of aromatic nitrogens is 1. The maximum atomic E-state index is 13.0. The molecule has 0 saturated heterocycles. The number of hydrogen-bond donors (Lipinski definition) is 4. The second kappa shape index (κ2) is 11.1. The number of aromatic amines is 1. The van der Waals surface area contributed by atoms with E-state index in [9.17, 15) is 19.6 Å². The first-order valence-corrected chi connectivity index (χ1v) is 13.0. The summed E-state index contributed by atoms with van der Waals surface area (Å²) in [5, 5.41) is 18.2. The number of rotatable bonds is 6. The molecule has 40 heavy (non-hydrogen) atoms. The molecule has 1 aliphatic rings. The van der Waals surface area contributed by atoms with E-state index in [0.29, 0.717) is 39.5 Å². The first kappa shape index (κ1) is 28.1. The predicted molar refractivity (Wildman–Crippen MR) is 157 cm³/mol. The molecule has 0 aliphatic carbocycles. The fraction of sp³-hybridized carbons (Fsp3) is 0.250. The van der Waals surface area contributed by atoms with Crippen molar-refractivity contribution in [2.24, 2.45) is 5.41 Å². The highest BCUT2D eigenvalue weighted by atomic mass is 16.2. The second-order valence-electron chi connectivity index (χ2n) is 11.0. The lowest BCUT2D eigenvalue weighted by atomic mass is 9.93. The van der Waals surface area contributed by atoms with Crippen LogP contribution in [0.3, 0.4) is 0 Å². The Hall–Kier alpha value is -4.90. The highest BCUT2D eigenvalue weighted by Gasteiger charge is 2.27. The molecule has 4 N–H and O–H groups in total. The Balaban J connectivity index is 1.61. The number of nitrogens with zero attached hydrogens (tertiary/aromatic N) is 1. The highest BCUT2D eigenvalue weighted by molar-refractivity contribution is 6.35. The maximum absolute atomic E-state index is 13.0. The van der Waals surface area contributed by atoms with Gasteiger partial charge in [0, 0.05) is 28.2 Å². The van der Waals surface area contributed by atoms with Gasteiger partial charge in [-0.1, -0.05) is 57.2 Å². The zero-order valence-corrected chi connectivity index (χ0v) is 23.5. The maximum Gasteiger partial charge on any atom is 0.266 e. The second-order valence-corrected chi connectivity index (χ2v) is 11.0. The largest absolute Gasteiger partial charge is 0.357 e. The zero-order chi connectivity index (χ0) is 29.2. The number of H-pyrrole nitrogens is 1. The SMILES string of the molecule is Cc1[nH]c(C=C2C(=O)Nc3ccc(C(=O)NC(C)c4ccccc4)cc32)c(C)c1NC(=O)C(C#N)=CC(C)(C)C. The molecule has 1 atom stereocenters. The number of fused-ring (bicyclic) bond motifs is 1. The van der Waals surface area contributed by atoms with Crippen LogP contribution in [-0.4, -0.2) is 22.7 Å². The molecule has 0 radical (unpaired) electrons. The first-order chi connectivity index (χ1) is 18.9. The van der Waals surface area contributed by atoms with Crippen LogP contribution >= 0.6 is 0 Å². The van der Waals surface area contributed by atoms with Crippen molar-refractivity contribution in [1.82, 2.24) is 10.3 Å². The summed E-state index contributed by atoms with van der Waals surface area (Å²) in [7, 11) is 0. The molecule has 2 heterocycles. The molecule has 3 aromatic rings. The van der Waals surface area contributed by atoms with Crippen LogP contribution in [0.5, 0.6) is 0 Å². The predicted octanol–water partition coefficient (Wildman–Crippen LogP) is 6.05. The Morgan fingerprint density at radius 2 is 1.77 bits per heavy atom. The summed E-state index contributed by atoms with van der Waals surface area (Å²) in [6, 6.07) is 16.6. The van der Waals surface area contributed by atoms with E-state index in [1.165, 1.54) is 0 Å². The molecule has 4 rings (SSSR count). The van der Waals surface area contributed by atoms with Gasteiger partial charge in [-0.25, -0.2) is 0 Å². The molecular formula is C32H33N5O3. The van der Waals surface area contributed by atoms with Crippen molar-refractivity contribution < 1.29 is 14.4 Å².